The fourth-order valence-electron chi connectivity index (χ4n) is 3.91. The van der Waals surface area contributed by atoms with E-state index in [0.717, 1.165) is 11.3 Å². The number of amides is 1. The third-order valence-electron chi connectivity index (χ3n) is 5.64. The average molecular weight is 437 g/mol. The van der Waals surface area contributed by atoms with Crippen molar-refractivity contribution in [3.8, 4) is 0 Å². The first-order valence-electron chi connectivity index (χ1n) is 10.1. The number of aromatic nitrogens is 2. The molecule has 1 aromatic carbocycles. The lowest BCUT2D eigenvalue weighted by Crippen LogP contribution is -2.62. The molecule has 1 fully saturated rings. The van der Waals surface area contributed by atoms with Crippen molar-refractivity contribution in [3.05, 3.63) is 75.7 Å². The monoisotopic (exact) mass is 436 g/mol. The van der Waals surface area contributed by atoms with Gasteiger partial charge in [0.05, 0.1) is 22.1 Å². The molecule has 1 aliphatic rings. The number of Topliss-reactive ketones (excluding diaryl/α,β-unsaturated/α-hetero) is 1. The number of nitrogens with one attached hydrogen (secondary N) is 1. The van der Waals surface area contributed by atoms with Crippen molar-refractivity contribution in [3.63, 3.8) is 0 Å². The molecule has 2 aromatic heterocycles. The Morgan fingerprint density at radius 1 is 1.26 bits per heavy atom. The largest absolute Gasteiger partial charge is 0.388 e. The number of aliphatic hydroxyl groups excluding tert-OH is 1. The molecule has 160 valence electrons. The lowest BCUT2D eigenvalue weighted by Gasteiger charge is -2.46. The second-order valence-electron chi connectivity index (χ2n) is 7.76. The van der Waals surface area contributed by atoms with Gasteiger partial charge in [-0.05, 0) is 38.0 Å². The molecule has 1 amide bonds. The first kappa shape index (κ1) is 21.1. The highest BCUT2D eigenvalue weighted by Gasteiger charge is 2.45. The molecule has 0 saturated carbocycles. The van der Waals surface area contributed by atoms with E-state index in [1.807, 2.05) is 48.2 Å². The van der Waals surface area contributed by atoms with Gasteiger partial charge >= 0.3 is 0 Å². The Balaban J connectivity index is 1.63. The second-order valence-corrected chi connectivity index (χ2v) is 8.67. The molecule has 2 N–H and O–H groups in total. The van der Waals surface area contributed by atoms with Gasteiger partial charge < -0.3 is 15.3 Å². The zero-order valence-electron chi connectivity index (χ0n) is 17.4. The maximum Gasteiger partial charge on any atom is 0.252 e. The smallest absolute Gasteiger partial charge is 0.252 e. The van der Waals surface area contributed by atoms with Gasteiger partial charge in [-0.25, -0.2) is 9.97 Å². The Labute approximate surface area is 184 Å². The summed E-state index contributed by atoms with van der Waals surface area (Å²) in [6.07, 6.45) is 1.29. The Morgan fingerprint density at radius 2 is 2.03 bits per heavy atom. The predicted octanol–water partition coefficient (Wildman–Crippen LogP) is 2.95. The van der Waals surface area contributed by atoms with Crippen molar-refractivity contribution >= 4 is 29.0 Å². The van der Waals surface area contributed by atoms with E-state index in [1.54, 1.807) is 17.6 Å². The van der Waals surface area contributed by atoms with Gasteiger partial charge in [-0.15, -0.1) is 11.3 Å². The van der Waals surface area contributed by atoms with E-state index in [0.29, 0.717) is 29.4 Å². The quantitative estimate of drug-likeness (QED) is 0.597. The number of thiophene rings is 1. The summed E-state index contributed by atoms with van der Waals surface area (Å²) in [5.74, 6) is 0.177. The number of β-amino-alcohol motifs (C(OH)–C–C–N with tert-alkyl or cyclic N) is 1. The van der Waals surface area contributed by atoms with Crippen LogP contribution in [0.25, 0.3) is 0 Å². The van der Waals surface area contributed by atoms with Gasteiger partial charge in [0.1, 0.15) is 0 Å². The Hall–Kier alpha value is -3.10. The fourth-order valence-corrected chi connectivity index (χ4v) is 4.70. The summed E-state index contributed by atoms with van der Waals surface area (Å²) in [4.78, 5) is 36.0. The van der Waals surface area contributed by atoms with E-state index in [-0.39, 0.29) is 18.2 Å². The van der Waals surface area contributed by atoms with Crippen LogP contribution in [0.2, 0.25) is 0 Å². The number of rotatable bonds is 5. The molecule has 8 heteroatoms. The van der Waals surface area contributed by atoms with E-state index < -0.39 is 11.6 Å². The molecule has 2 atom stereocenters. The summed E-state index contributed by atoms with van der Waals surface area (Å²) >= 11 is 1.24. The average Bonchev–Trinajstić information content (AvgIpc) is 3.27. The van der Waals surface area contributed by atoms with Crippen LogP contribution >= 0.6 is 11.3 Å². The molecule has 7 nitrogen and oxygen atoms in total. The van der Waals surface area contributed by atoms with Crippen LogP contribution in [0.3, 0.4) is 0 Å². The molecule has 31 heavy (non-hydrogen) atoms. The number of carbonyl (C=O) groups excluding carboxylic acids is 2. The molecule has 0 bridgehead atoms. The van der Waals surface area contributed by atoms with Crippen LogP contribution in [0.4, 0.5) is 5.95 Å². The molecular formula is C23H24N4O3S. The number of carbonyl (C=O) groups is 2. The molecule has 0 spiro atoms. The van der Waals surface area contributed by atoms with Crippen molar-refractivity contribution in [2.45, 2.75) is 31.9 Å². The van der Waals surface area contributed by atoms with Crippen molar-refractivity contribution < 1.29 is 14.7 Å². The Morgan fingerprint density at radius 3 is 2.68 bits per heavy atom. The van der Waals surface area contributed by atoms with Crippen LogP contribution in [0, 0.1) is 6.92 Å². The number of ketones is 1. The lowest BCUT2D eigenvalue weighted by atomic mass is 9.78. The summed E-state index contributed by atoms with van der Waals surface area (Å²) < 4.78 is 0. The molecule has 1 aliphatic heterocycles. The highest BCUT2D eigenvalue weighted by molar-refractivity contribution is 7.12. The number of hydrogen-bond acceptors (Lipinski definition) is 7. The van der Waals surface area contributed by atoms with Gasteiger partial charge in [0.2, 0.25) is 5.95 Å². The topological polar surface area (TPSA) is 95.4 Å². The molecule has 4 rings (SSSR count). The molecule has 0 aliphatic carbocycles. The van der Waals surface area contributed by atoms with Crippen LogP contribution in [-0.4, -0.2) is 46.0 Å². The number of benzene rings is 1. The van der Waals surface area contributed by atoms with Crippen LogP contribution in [0.1, 0.15) is 44.6 Å². The number of nitrogens with zero attached hydrogens (tertiary/aromatic N) is 3. The van der Waals surface area contributed by atoms with Crippen molar-refractivity contribution in [1.82, 2.24) is 15.3 Å². The van der Waals surface area contributed by atoms with Crippen molar-refractivity contribution in [2.24, 2.45) is 0 Å². The lowest BCUT2D eigenvalue weighted by molar-refractivity contribution is 0.0363. The molecule has 3 aromatic rings. The van der Waals surface area contributed by atoms with Gasteiger partial charge in [-0.1, -0.05) is 30.3 Å². The van der Waals surface area contributed by atoms with Gasteiger partial charge in [0.15, 0.2) is 5.78 Å². The van der Waals surface area contributed by atoms with Gasteiger partial charge in [-0.2, -0.15) is 0 Å². The van der Waals surface area contributed by atoms with E-state index in [9.17, 15) is 14.7 Å². The van der Waals surface area contributed by atoms with E-state index in [1.165, 1.54) is 18.3 Å². The summed E-state index contributed by atoms with van der Waals surface area (Å²) in [7, 11) is 0. The van der Waals surface area contributed by atoms with Crippen LogP contribution in [0.15, 0.2) is 54.0 Å². The van der Waals surface area contributed by atoms with Gasteiger partial charge in [0, 0.05) is 30.4 Å². The third kappa shape index (κ3) is 4.22. The first-order valence-corrected chi connectivity index (χ1v) is 11.0. The summed E-state index contributed by atoms with van der Waals surface area (Å²) in [6, 6.07) is 12.9. The summed E-state index contributed by atoms with van der Waals surface area (Å²) in [6.45, 7) is 4.22. The number of anilines is 1. The minimum absolute atomic E-state index is 0.0756. The third-order valence-corrected chi connectivity index (χ3v) is 6.67. The minimum Gasteiger partial charge on any atom is -0.388 e. The van der Waals surface area contributed by atoms with Gasteiger partial charge in [-0.3, -0.25) is 9.59 Å². The normalized spacial score (nSPS) is 21.0. The zero-order chi connectivity index (χ0) is 22.0. The maximum atomic E-state index is 13.1. The molecule has 0 unspecified atom stereocenters. The molecule has 3 heterocycles. The standard InChI is InChI=1S/C23H24N4O3S/c1-15-8-10-24-22(25-15)27-11-9-23(20(29)13-27,18-6-4-3-5-7-18)26-21(30)17-12-19(16(2)28)31-14-17/h3-8,10,12,14,20,29H,9,11,13H2,1-2H3,(H,26,30)/t20-,23+/m1/s1. The fraction of sp³-hybridized carbons (Fsp3) is 0.304. The van der Waals surface area contributed by atoms with Crippen molar-refractivity contribution in [2.75, 3.05) is 18.0 Å². The SMILES string of the molecule is CC(=O)c1cc(C(=O)N[C@]2(c3ccccc3)CCN(c3nccc(C)n3)C[C@H]2O)cs1. The minimum atomic E-state index is -0.961. The van der Waals surface area contributed by atoms with Crippen LogP contribution in [-0.2, 0) is 5.54 Å². The zero-order valence-corrected chi connectivity index (χ0v) is 18.2. The van der Waals surface area contributed by atoms with E-state index >= 15 is 0 Å². The number of aliphatic hydroxyl groups is 1. The van der Waals surface area contributed by atoms with Crippen LogP contribution in [0.5, 0.6) is 0 Å². The number of hydrogen-bond donors (Lipinski definition) is 2. The second kappa shape index (κ2) is 8.56. The van der Waals surface area contributed by atoms with Crippen LogP contribution < -0.4 is 10.2 Å². The Kier molecular flexibility index (Phi) is 5.84. The van der Waals surface area contributed by atoms with E-state index in [4.69, 9.17) is 0 Å². The summed E-state index contributed by atoms with van der Waals surface area (Å²) in [5.41, 5.74) is 1.15. The maximum absolute atomic E-state index is 13.1. The summed E-state index contributed by atoms with van der Waals surface area (Å²) in [5, 5.41) is 16.1. The van der Waals surface area contributed by atoms with E-state index in [2.05, 4.69) is 15.3 Å². The highest BCUT2D eigenvalue weighted by atomic mass is 32.1. The van der Waals surface area contributed by atoms with Gasteiger partial charge in [0.25, 0.3) is 5.91 Å². The van der Waals surface area contributed by atoms with Crippen molar-refractivity contribution in [1.29, 1.82) is 0 Å². The Bertz CT molecular complexity index is 1100. The number of piperidine rings is 1. The predicted molar refractivity (Wildman–Crippen MR) is 120 cm³/mol. The molecular weight excluding hydrogens is 412 g/mol. The highest BCUT2D eigenvalue weighted by Crippen LogP contribution is 2.35. The number of aryl methyl sites for hydroxylation is 1. The molecule has 0 radical (unpaired) electrons. The first-order chi connectivity index (χ1) is 14.9. The molecule has 1 saturated heterocycles.